The molecule has 28 heavy (non-hydrogen) atoms. The minimum absolute atomic E-state index is 0.00258. The molecule has 0 radical (unpaired) electrons. The molecule has 1 amide bonds. The van der Waals surface area contributed by atoms with Crippen LogP contribution in [0.2, 0.25) is 0 Å². The third kappa shape index (κ3) is 3.62. The summed E-state index contributed by atoms with van der Waals surface area (Å²) in [5, 5.41) is 12.8. The summed E-state index contributed by atoms with van der Waals surface area (Å²) in [6.07, 6.45) is 3.45. The molecule has 4 rings (SSSR count). The molecule has 1 fully saturated rings. The Kier molecular flexibility index (Phi) is 5.10. The van der Waals surface area contributed by atoms with Gasteiger partial charge in [0.1, 0.15) is 6.07 Å². The first-order valence-corrected chi connectivity index (χ1v) is 9.86. The molecule has 1 aliphatic heterocycles. The fraction of sp³-hybridized carbons (Fsp3) is 0.278. The fourth-order valence-electron chi connectivity index (χ4n) is 2.87. The number of aromatic nitrogens is 4. The van der Waals surface area contributed by atoms with E-state index in [9.17, 15) is 4.79 Å². The number of anilines is 2. The van der Waals surface area contributed by atoms with Crippen molar-refractivity contribution in [2.45, 2.75) is 5.16 Å². The van der Waals surface area contributed by atoms with E-state index in [4.69, 9.17) is 10.00 Å². The van der Waals surface area contributed by atoms with Crippen LogP contribution in [0.15, 0.2) is 35.6 Å². The van der Waals surface area contributed by atoms with Crippen molar-refractivity contribution < 1.29 is 9.53 Å². The second-order valence-electron chi connectivity index (χ2n) is 6.05. The van der Waals surface area contributed by atoms with Gasteiger partial charge in [0.15, 0.2) is 10.9 Å². The van der Waals surface area contributed by atoms with Crippen LogP contribution in [-0.2, 0) is 4.74 Å². The van der Waals surface area contributed by atoms with Crippen LogP contribution >= 0.6 is 11.8 Å². The maximum absolute atomic E-state index is 12.5. The Morgan fingerprint density at radius 1 is 1.21 bits per heavy atom. The van der Waals surface area contributed by atoms with Crippen LogP contribution in [0.5, 0.6) is 0 Å². The molecule has 1 aromatic carbocycles. The van der Waals surface area contributed by atoms with Crippen molar-refractivity contribution in [3.63, 3.8) is 0 Å². The number of nitrogens with zero attached hydrogens (tertiary/aromatic N) is 6. The summed E-state index contributed by atoms with van der Waals surface area (Å²) >= 11 is 1.39. The van der Waals surface area contributed by atoms with Gasteiger partial charge in [-0.3, -0.25) is 9.20 Å². The van der Waals surface area contributed by atoms with Crippen molar-refractivity contribution in [2.24, 2.45) is 0 Å². The molecular formula is C18H17N7O2S. The van der Waals surface area contributed by atoms with Crippen LogP contribution in [0, 0.1) is 11.3 Å². The van der Waals surface area contributed by atoms with Crippen molar-refractivity contribution in [1.29, 1.82) is 5.26 Å². The van der Waals surface area contributed by atoms with Crippen molar-refractivity contribution in [3.05, 3.63) is 41.7 Å². The van der Waals surface area contributed by atoms with E-state index in [1.807, 2.05) is 24.5 Å². The number of thioether (sulfide) groups is 1. The molecule has 10 heteroatoms. The Labute approximate surface area is 165 Å². The second kappa shape index (κ2) is 7.84. The molecule has 0 atom stereocenters. The summed E-state index contributed by atoms with van der Waals surface area (Å²) in [5.41, 5.74) is 1.65. The molecule has 3 aromatic rings. The van der Waals surface area contributed by atoms with Gasteiger partial charge in [-0.2, -0.15) is 20.2 Å². The number of carbonyl (C=O) groups excluding carboxylic acids is 1. The number of nitriles is 1. The van der Waals surface area contributed by atoms with E-state index in [1.165, 1.54) is 11.8 Å². The van der Waals surface area contributed by atoms with E-state index < -0.39 is 0 Å². The summed E-state index contributed by atoms with van der Waals surface area (Å²) in [7, 11) is 0. The van der Waals surface area contributed by atoms with Gasteiger partial charge in [0, 0.05) is 24.3 Å². The van der Waals surface area contributed by atoms with Crippen LogP contribution in [0.4, 0.5) is 11.6 Å². The van der Waals surface area contributed by atoms with Crippen molar-refractivity contribution >= 4 is 35.1 Å². The van der Waals surface area contributed by atoms with Crippen LogP contribution < -0.4 is 5.32 Å². The number of hydrogen-bond donors (Lipinski definition) is 1. The first kappa shape index (κ1) is 18.2. The topological polar surface area (TPSA) is 108 Å². The summed E-state index contributed by atoms with van der Waals surface area (Å²) in [6, 6.07) is 9.22. The minimum atomic E-state index is -0.00258. The first-order chi connectivity index (χ1) is 13.7. The van der Waals surface area contributed by atoms with Crippen molar-refractivity contribution in [3.8, 4) is 6.07 Å². The number of imidazole rings is 1. The summed E-state index contributed by atoms with van der Waals surface area (Å²) in [6.45, 7) is 2.36. The van der Waals surface area contributed by atoms with E-state index in [2.05, 4.69) is 20.3 Å². The zero-order valence-corrected chi connectivity index (χ0v) is 15.9. The predicted octanol–water partition coefficient (Wildman–Crippen LogP) is 1.93. The third-order valence-corrected chi connectivity index (χ3v) is 4.84. The van der Waals surface area contributed by atoms with Gasteiger partial charge >= 0.3 is 0 Å². The van der Waals surface area contributed by atoms with E-state index in [1.54, 1.807) is 27.6 Å². The molecule has 1 N–H and O–H groups in total. The monoisotopic (exact) mass is 395 g/mol. The molecule has 0 unspecified atom stereocenters. The molecule has 9 nitrogen and oxygen atoms in total. The van der Waals surface area contributed by atoms with E-state index in [0.29, 0.717) is 48.7 Å². The maximum Gasteiger partial charge on any atom is 0.254 e. The highest BCUT2D eigenvalue weighted by molar-refractivity contribution is 7.98. The molecule has 1 aliphatic rings. The smallest absolute Gasteiger partial charge is 0.254 e. The SMILES string of the molecule is CSc1nc(Nc2ccc(C(=O)N3CCOCC3)cc2)n2cc(C#N)nc2n1. The molecule has 0 aliphatic carbocycles. The zero-order valence-electron chi connectivity index (χ0n) is 15.1. The normalized spacial score (nSPS) is 14.1. The van der Waals surface area contributed by atoms with E-state index >= 15 is 0 Å². The summed E-state index contributed by atoms with van der Waals surface area (Å²) in [4.78, 5) is 27.3. The largest absolute Gasteiger partial charge is 0.378 e. The number of nitrogens with one attached hydrogen (secondary N) is 1. The van der Waals surface area contributed by atoms with E-state index in [0.717, 1.165) is 5.69 Å². The van der Waals surface area contributed by atoms with Gasteiger partial charge in [-0.1, -0.05) is 11.8 Å². The number of rotatable bonds is 4. The maximum atomic E-state index is 12.5. The van der Waals surface area contributed by atoms with Gasteiger partial charge in [0.2, 0.25) is 11.7 Å². The van der Waals surface area contributed by atoms with Crippen LogP contribution in [0.1, 0.15) is 16.1 Å². The number of morpholine rings is 1. The number of fused-ring (bicyclic) bond motifs is 1. The molecular weight excluding hydrogens is 378 g/mol. The Hall–Kier alpha value is -3.16. The fourth-order valence-corrected chi connectivity index (χ4v) is 3.22. The lowest BCUT2D eigenvalue weighted by molar-refractivity contribution is 0.0303. The molecule has 3 heterocycles. The van der Waals surface area contributed by atoms with Crippen molar-refractivity contribution in [2.75, 3.05) is 37.9 Å². The lowest BCUT2D eigenvalue weighted by atomic mass is 10.1. The Morgan fingerprint density at radius 3 is 2.64 bits per heavy atom. The Morgan fingerprint density at radius 2 is 1.96 bits per heavy atom. The first-order valence-electron chi connectivity index (χ1n) is 8.63. The number of benzene rings is 1. The number of hydrogen-bond acceptors (Lipinski definition) is 8. The van der Waals surface area contributed by atoms with Crippen molar-refractivity contribution in [1.82, 2.24) is 24.3 Å². The van der Waals surface area contributed by atoms with Gasteiger partial charge in [-0.15, -0.1) is 0 Å². The average molecular weight is 395 g/mol. The standard InChI is InChI=1S/C18H17N7O2S/c1-28-18-22-16(25-11-14(10-19)21-17(25)23-18)20-13-4-2-12(3-5-13)15(26)24-6-8-27-9-7-24/h2-5,11H,6-9H2,1H3,(H,20,21,22,23). The third-order valence-electron chi connectivity index (χ3n) is 4.30. The van der Waals surface area contributed by atoms with Crippen LogP contribution in [-0.4, -0.2) is 62.7 Å². The molecule has 0 spiro atoms. The highest BCUT2D eigenvalue weighted by atomic mass is 32.2. The Balaban J connectivity index is 1.58. The van der Waals surface area contributed by atoms with Crippen LogP contribution in [0.3, 0.4) is 0 Å². The highest BCUT2D eigenvalue weighted by Gasteiger charge is 2.18. The quantitative estimate of drug-likeness (QED) is 0.668. The van der Waals surface area contributed by atoms with Crippen LogP contribution in [0.25, 0.3) is 5.78 Å². The molecule has 142 valence electrons. The number of carbonyl (C=O) groups is 1. The van der Waals surface area contributed by atoms with Gasteiger partial charge in [-0.05, 0) is 30.5 Å². The second-order valence-corrected chi connectivity index (χ2v) is 6.82. The lowest BCUT2D eigenvalue weighted by Crippen LogP contribution is -2.40. The number of ether oxygens (including phenoxy) is 1. The predicted molar refractivity (Wildman–Crippen MR) is 104 cm³/mol. The number of amides is 1. The van der Waals surface area contributed by atoms with Gasteiger partial charge in [-0.25, -0.2) is 0 Å². The molecule has 0 saturated carbocycles. The lowest BCUT2D eigenvalue weighted by Gasteiger charge is -2.26. The molecule has 1 saturated heterocycles. The molecule has 2 aromatic heterocycles. The van der Waals surface area contributed by atoms with E-state index in [-0.39, 0.29) is 11.6 Å². The van der Waals surface area contributed by atoms with Gasteiger partial charge < -0.3 is 15.0 Å². The van der Waals surface area contributed by atoms with Gasteiger partial charge in [0.05, 0.1) is 19.4 Å². The minimum Gasteiger partial charge on any atom is -0.378 e. The average Bonchev–Trinajstić information content (AvgIpc) is 3.18. The molecule has 0 bridgehead atoms. The Bertz CT molecular complexity index is 1050. The van der Waals surface area contributed by atoms with Gasteiger partial charge in [0.25, 0.3) is 5.91 Å². The highest BCUT2D eigenvalue weighted by Crippen LogP contribution is 2.20. The summed E-state index contributed by atoms with van der Waals surface area (Å²) in [5.74, 6) is 0.894. The zero-order chi connectivity index (χ0) is 19.5. The summed E-state index contributed by atoms with van der Waals surface area (Å²) < 4.78 is 6.92.